The highest BCUT2D eigenvalue weighted by molar-refractivity contribution is 7.09. The van der Waals surface area contributed by atoms with Crippen molar-refractivity contribution in [2.75, 3.05) is 0 Å². The van der Waals surface area contributed by atoms with Crippen molar-refractivity contribution in [3.8, 4) is 11.3 Å². The molecule has 0 bridgehead atoms. The zero-order valence-electron chi connectivity index (χ0n) is 14.1. The third kappa shape index (κ3) is 2.85. The number of hydrogen-bond acceptors (Lipinski definition) is 6. The maximum atomic E-state index is 12.9. The standard InChI is InChI=1S/C17H16N6OS/c1-10-4-14(22(3)21-10)12-5-13(17-18-9-19-23(17)7-12)15(24)6-16-20-11(2)8-25-16/h4-5,7-9H,6H2,1-3H3. The molecule has 0 unspecified atom stereocenters. The Morgan fingerprint density at radius 3 is 2.76 bits per heavy atom. The van der Waals surface area contributed by atoms with E-state index in [-0.39, 0.29) is 12.2 Å². The first-order chi connectivity index (χ1) is 12.0. The molecule has 0 N–H and O–H groups in total. The second-order valence-electron chi connectivity index (χ2n) is 5.95. The number of fused-ring (bicyclic) bond motifs is 1. The van der Waals surface area contributed by atoms with Gasteiger partial charge in [-0.25, -0.2) is 14.5 Å². The number of pyridine rings is 1. The van der Waals surface area contributed by atoms with Gasteiger partial charge >= 0.3 is 0 Å². The minimum absolute atomic E-state index is 0.0203. The van der Waals surface area contributed by atoms with E-state index in [4.69, 9.17) is 0 Å². The topological polar surface area (TPSA) is 78.0 Å². The lowest BCUT2D eigenvalue weighted by atomic mass is 10.1. The fourth-order valence-corrected chi connectivity index (χ4v) is 3.64. The summed E-state index contributed by atoms with van der Waals surface area (Å²) in [5.41, 5.74) is 4.75. The smallest absolute Gasteiger partial charge is 0.173 e. The lowest BCUT2D eigenvalue weighted by molar-refractivity contribution is 0.0994. The summed E-state index contributed by atoms with van der Waals surface area (Å²) < 4.78 is 3.43. The molecule has 0 saturated heterocycles. The van der Waals surface area contributed by atoms with Gasteiger partial charge in [0, 0.05) is 29.9 Å². The molecule has 0 atom stereocenters. The maximum Gasteiger partial charge on any atom is 0.173 e. The third-order valence-electron chi connectivity index (χ3n) is 3.95. The van der Waals surface area contributed by atoms with Gasteiger partial charge in [-0.1, -0.05) is 0 Å². The Bertz CT molecular complexity index is 1090. The monoisotopic (exact) mass is 352 g/mol. The van der Waals surface area contributed by atoms with Crippen molar-refractivity contribution in [1.29, 1.82) is 0 Å². The molecular weight excluding hydrogens is 336 g/mol. The van der Waals surface area contributed by atoms with Gasteiger partial charge in [0.25, 0.3) is 0 Å². The van der Waals surface area contributed by atoms with Crippen LogP contribution < -0.4 is 0 Å². The van der Waals surface area contributed by atoms with E-state index in [9.17, 15) is 4.79 Å². The van der Waals surface area contributed by atoms with E-state index in [1.54, 1.807) is 9.20 Å². The Labute approximate surface area is 148 Å². The number of carbonyl (C=O) groups is 1. The van der Waals surface area contributed by atoms with Crippen LogP contribution in [0.25, 0.3) is 16.9 Å². The first-order valence-electron chi connectivity index (χ1n) is 7.80. The SMILES string of the molecule is Cc1csc(CC(=O)c2cc(-c3cc(C)nn3C)cn3ncnc23)n1. The van der Waals surface area contributed by atoms with E-state index in [1.165, 1.54) is 17.7 Å². The van der Waals surface area contributed by atoms with E-state index in [2.05, 4.69) is 20.2 Å². The molecule has 4 aromatic rings. The Morgan fingerprint density at radius 1 is 1.24 bits per heavy atom. The van der Waals surface area contributed by atoms with Crippen molar-refractivity contribution in [1.82, 2.24) is 29.4 Å². The molecule has 4 rings (SSSR count). The second-order valence-corrected chi connectivity index (χ2v) is 6.89. The van der Waals surface area contributed by atoms with Gasteiger partial charge < -0.3 is 0 Å². The first-order valence-corrected chi connectivity index (χ1v) is 8.68. The van der Waals surface area contributed by atoms with E-state index in [0.29, 0.717) is 11.2 Å². The summed E-state index contributed by atoms with van der Waals surface area (Å²) in [5, 5.41) is 11.3. The molecule has 8 heteroatoms. The molecule has 0 aliphatic rings. The summed E-state index contributed by atoms with van der Waals surface area (Å²) >= 11 is 1.50. The van der Waals surface area contributed by atoms with E-state index in [1.807, 2.05) is 44.6 Å². The van der Waals surface area contributed by atoms with E-state index in [0.717, 1.165) is 27.7 Å². The summed E-state index contributed by atoms with van der Waals surface area (Å²) in [6, 6.07) is 3.85. The van der Waals surface area contributed by atoms with Gasteiger partial charge in [-0.2, -0.15) is 10.2 Å². The molecule has 0 amide bonds. The zero-order chi connectivity index (χ0) is 17.6. The number of nitrogens with zero attached hydrogens (tertiary/aromatic N) is 6. The molecule has 0 spiro atoms. The normalized spacial score (nSPS) is 11.3. The third-order valence-corrected chi connectivity index (χ3v) is 4.92. The summed E-state index contributed by atoms with van der Waals surface area (Å²) in [6.07, 6.45) is 3.58. The number of aryl methyl sites for hydroxylation is 3. The van der Waals surface area contributed by atoms with Crippen molar-refractivity contribution < 1.29 is 4.79 Å². The van der Waals surface area contributed by atoms with Crippen molar-refractivity contribution >= 4 is 22.8 Å². The lowest BCUT2D eigenvalue weighted by Gasteiger charge is -2.07. The highest BCUT2D eigenvalue weighted by atomic mass is 32.1. The summed E-state index contributed by atoms with van der Waals surface area (Å²) in [5.74, 6) is -0.0203. The first kappa shape index (κ1) is 15.6. The number of hydrogen-bond donors (Lipinski definition) is 0. The fraction of sp³-hybridized carbons (Fsp3) is 0.235. The Morgan fingerprint density at radius 2 is 2.08 bits per heavy atom. The number of thiazole rings is 1. The van der Waals surface area contributed by atoms with Crippen molar-refractivity contribution in [2.24, 2.45) is 7.05 Å². The zero-order valence-corrected chi connectivity index (χ0v) is 14.9. The summed E-state index contributed by atoms with van der Waals surface area (Å²) in [4.78, 5) is 21.5. The number of ketones is 1. The average molecular weight is 352 g/mol. The van der Waals surface area contributed by atoms with Crippen LogP contribution in [0.15, 0.2) is 30.0 Å². The van der Waals surface area contributed by atoms with Crippen LogP contribution in [-0.4, -0.2) is 35.1 Å². The predicted octanol–water partition coefficient (Wildman–Crippen LogP) is 2.63. The Hall–Kier alpha value is -2.87. The molecule has 4 aromatic heterocycles. The minimum atomic E-state index is -0.0203. The molecule has 25 heavy (non-hydrogen) atoms. The van der Waals surface area contributed by atoms with Crippen molar-refractivity contribution in [2.45, 2.75) is 20.3 Å². The fourth-order valence-electron chi connectivity index (χ4n) is 2.87. The number of Topliss-reactive ketones (excluding diaryl/α,β-unsaturated/α-hetero) is 1. The average Bonchev–Trinajstić information content (AvgIpc) is 3.26. The van der Waals surface area contributed by atoms with Crippen molar-refractivity contribution in [3.63, 3.8) is 0 Å². The van der Waals surface area contributed by atoms with Crippen LogP contribution in [0.3, 0.4) is 0 Å². The molecule has 0 fully saturated rings. The molecule has 0 aromatic carbocycles. The van der Waals surface area contributed by atoms with Gasteiger partial charge in [-0.15, -0.1) is 11.3 Å². The Kier molecular flexibility index (Phi) is 3.69. The summed E-state index contributed by atoms with van der Waals surface area (Å²) in [7, 11) is 1.88. The molecule has 4 heterocycles. The largest absolute Gasteiger partial charge is 0.294 e. The molecule has 0 aliphatic heterocycles. The maximum absolute atomic E-state index is 12.9. The Balaban J connectivity index is 1.81. The van der Waals surface area contributed by atoms with Crippen LogP contribution in [0.2, 0.25) is 0 Å². The number of aromatic nitrogens is 6. The number of rotatable bonds is 4. The van der Waals surface area contributed by atoms with Crippen molar-refractivity contribution in [3.05, 3.63) is 52.0 Å². The van der Waals surface area contributed by atoms with Gasteiger partial charge in [-0.3, -0.25) is 9.48 Å². The van der Waals surface area contributed by atoms with E-state index < -0.39 is 0 Å². The number of carbonyl (C=O) groups excluding carboxylic acids is 1. The van der Waals surface area contributed by atoms with Crippen LogP contribution in [-0.2, 0) is 13.5 Å². The van der Waals surface area contributed by atoms with Crippen LogP contribution in [0.4, 0.5) is 0 Å². The molecule has 0 radical (unpaired) electrons. The lowest BCUT2D eigenvalue weighted by Crippen LogP contribution is -2.08. The van der Waals surface area contributed by atoms with Crippen LogP contribution in [0.5, 0.6) is 0 Å². The predicted molar refractivity (Wildman–Crippen MR) is 94.8 cm³/mol. The minimum Gasteiger partial charge on any atom is -0.294 e. The molecule has 7 nitrogen and oxygen atoms in total. The highest BCUT2D eigenvalue weighted by Gasteiger charge is 2.18. The molecule has 0 saturated carbocycles. The van der Waals surface area contributed by atoms with Gasteiger partial charge in [-0.05, 0) is 26.0 Å². The van der Waals surface area contributed by atoms with Crippen LogP contribution >= 0.6 is 11.3 Å². The quantitative estimate of drug-likeness (QED) is 0.528. The highest BCUT2D eigenvalue weighted by Crippen LogP contribution is 2.24. The van der Waals surface area contributed by atoms with Gasteiger partial charge in [0.05, 0.1) is 23.4 Å². The van der Waals surface area contributed by atoms with Gasteiger partial charge in [0.15, 0.2) is 11.4 Å². The molecule has 0 aliphatic carbocycles. The van der Waals surface area contributed by atoms with Crippen LogP contribution in [0.1, 0.15) is 26.8 Å². The van der Waals surface area contributed by atoms with Gasteiger partial charge in [0.1, 0.15) is 11.3 Å². The van der Waals surface area contributed by atoms with Crippen LogP contribution in [0, 0.1) is 13.8 Å². The van der Waals surface area contributed by atoms with E-state index >= 15 is 0 Å². The molecular formula is C17H16N6OS. The molecule has 126 valence electrons. The second kappa shape index (κ2) is 5.89. The summed E-state index contributed by atoms with van der Waals surface area (Å²) in [6.45, 7) is 3.86. The van der Waals surface area contributed by atoms with Gasteiger partial charge in [0.2, 0.25) is 0 Å².